The summed E-state index contributed by atoms with van der Waals surface area (Å²) in [6.45, 7) is 7.37. The molecule has 2 N–H and O–H groups in total. The van der Waals surface area contributed by atoms with Crippen molar-refractivity contribution in [2.45, 2.75) is 39.8 Å². The highest BCUT2D eigenvalue weighted by Gasteiger charge is 1.98. The van der Waals surface area contributed by atoms with Gasteiger partial charge < -0.3 is 15.4 Å². The topological polar surface area (TPSA) is 45.7 Å². The number of hydrogen-bond acceptors (Lipinski definition) is 2. The molecular formula is C16H28IN3O. The lowest BCUT2D eigenvalue weighted by atomic mass is 10.1. The minimum absolute atomic E-state index is 0. The van der Waals surface area contributed by atoms with Crippen molar-refractivity contribution in [1.82, 2.24) is 10.6 Å². The molecule has 1 rings (SSSR count). The largest absolute Gasteiger partial charge is 0.377 e. The molecule has 21 heavy (non-hydrogen) atoms. The molecule has 4 nitrogen and oxygen atoms in total. The molecule has 1 aromatic carbocycles. The predicted molar refractivity (Wildman–Crippen MR) is 100 cm³/mol. The van der Waals surface area contributed by atoms with Crippen molar-refractivity contribution >= 4 is 29.9 Å². The predicted octanol–water partition coefficient (Wildman–Crippen LogP) is 3.31. The van der Waals surface area contributed by atoms with Crippen LogP contribution in [0.1, 0.15) is 37.8 Å². The van der Waals surface area contributed by atoms with Crippen LogP contribution in [0.2, 0.25) is 0 Å². The highest BCUT2D eigenvalue weighted by Crippen LogP contribution is 2.05. The van der Waals surface area contributed by atoms with Gasteiger partial charge in [0.2, 0.25) is 0 Å². The minimum atomic E-state index is 0. The normalized spacial score (nSPS) is 10.9. The molecule has 0 atom stereocenters. The van der Waals surface area contributed by atoms with Crippen LogP contribution in [0.4, 0.5) is 0 Å². The van der Waals surface area contributed by atoms with Gasteiger partial charge in [-0.05, 0) is 24.5 Å². The van der Waals surface area contributed by atoms with Gasteiger partial charge in [-0.15, -0.1) is 24.0 Å². The van der Waals surface area contributed by atoms with Gasteiger partial charge in [0.05, 0.1) is 6.61 Å². The Hall–Kier alpha value is -0.820. The smallest absolute Gasteiger partial charge is 0.191 e. The van der Waals surface area contributed by atoms with Crippen molar-refractivity contribution in [1.29, 1.82) is 0 Å². The number of nitrogens with one attached hydrogen (secondary N) is 2. The Morgan fingerprint density at radius 1 is 1.10 bits per heavy atom. The summed E-state index contributed by atoms with van der Waals surface area (Å²) in [6, 6.07) is 8.47. The summed E-state index contributed by atoms with van der Waals surface area (Å²) in [5.41, 5.74) is 2.45. The van der Waals surface area contributed by atoms with E-state index in [1.807, 2.05) is 6.92 Å². The first-order valence-corrected chi connectivity index (χ1v) is 7.40. The lowest BCUT2D eigenvalue weighted by molar-refractivity contribution is 0.134. The molecule has 0 amide bonds. The van der Waals surface area contributed by atoms with E-state index in [9.17, 15) is 0 Å². The molecule has 0 aromatic heterocycles. The lowest BCUT2D eigenvalue weighted by Crippen LogP contribution is -2.37. The van der Waals surface area contributed by atoms with Crippen LogP contribution >= 0.6 is 24.0 Å². The van der Waals surface area contributed by atoms with Crippen molar-refractivity contribution in [3.63, 3.8) is 0 Å². The van der Waals surface area contributed by atoms with Gasteiger partial charge in [0, 0.05) is 26.7 Å². The van der Waals surface area contributed by atoms with E-state index >= 15 is 0 Å². The van der Waals surface area contributed by atoms with E-state index in [1.54, 1.807) is 7.05 Å². The maximum atomic E-state index is 5.39. The standard InChI is InChI=1S/C16H27N3O.HI/c1-4-6-11-18-16(17-3)19-12-14-7-9-15(10-8-14)13-20-5-2;/h7-10H,4-6,11-13H2,1-3H3,(H2,17,18,19);1H. The van der Waals surface area contributed by atoms with Crippen LogP contribution in [0, 0.1) is 0 Å². The van der Waals surface area contributed by atoms with E-state index in [0.717, 1.165) is 32.1 Å². The molecule has 1 aromatic rings. The Labute approximate surface area is 145 Å². The third kappa shape index (κ3) is 8.93. The molecule has 0 saturated heterocycles. The number of ether oxygens (including phenoxy) is 1. The van der Waals surface area contributed by atoms with Crippen LogP contribution in [0.15, 0.2) is 29.3 Å². The van der Waals surface area contributed by atoms with Gasteiger partial charge in [0.25, 0.3) is 0 Å². The average molecular weight is 405 g/mol. The van der Waals surface area contributed by atoms with E-state index in [-0.39, 0.29) is 24.0 Å². The zero-order valence-electron chi connectivity index (χ0n) is 13.3. The molecule has 0 fully saturated rings. The van der Waals surface area contributed by atoms with E-state index < -0.39 is 0 Å². The Bertz CT molecular complexity index is 393. The third-order valence-electron chi connectivity index (χ3n) is 3.00. The Morgan fingerprint density at radius 2 is 1.76 bits per heavy atom. The number of guanidine groups is 1. The van der Waals surface area contributed by atoms with E-state index in [0.29, 0.717) is 6.61 Å². The summed E-state index contributed by atoms with van der Waals surface area (Å²) < 4.78 is 5.39. The van der Waals surface area contributed by atoms with Gasteiger partial charge in [-0.2, -0.15) is 0 Å². The SMILES string of the molecule is CCCCNC(=NC)NCc1ccc(COCC)cc1.I. The molecule has 0 heterocycles. The maximum absolute atomic E-state index is 5.39. The molecule has 0 bridgehead atoms. The molecular weight excluding hydrogens is 377 g/mol. The van der Waals surface area contributed by atoms with Crippen LogP contribution in [0.25, 0.3) is 0 Å². The summed E-state index contributed by atoms with van der Waals surface area (Å²) in [4.78, 5) is 4.21. The maximum Gasteiger partial charge on any atom is 0.191 e. The third-order valence-corrected chi connectivity index (χ3v) is 3.00. The van der Waals surface area contributed by atoms with Gasteiger partial charge in [0.1, 0.15) is 0 Å². The molecule has 0 unspecified atom stereocenters. The quantitative estimate of drug-likeness (QED) is 0.302. The first-order chi connectivity index (χ1) is 9.80. The summed E-state index contributed by atoms with van der Waals surface area (Å²) in [5.74, 6) is 0.858. The number of benzene rings is 1. The van der Waals surface area contributed by atoms with E-state index in [1.165, 1.54) is 17.5 Å². The van der Waals surface area contributed by atoms with E-state index in [2.05, 4.69) is 46.8 Å². The van der Waals surface area contributed by atoms with E-state index in [4.69, 9.17) is 4.74 Å². The fourth-order valence-corrected chi connectivity index (χ4v) is 1.76. The molecule has 0 aliphatic heterocycles. The monoisotopic (exact) mass is 405 g/mol. The summed E-state index contributed by atoms with van der Waals surface area (Å²) in [7, 11) is 1.80. The van der Waals surface area contributed by atoms with Gasteiger partial charge in [-0.25, -0.2) is 0 Å². The second-order valence-corrected chi connectivity index (χ2v) is 4.66. The van der Waals surface area contributed by atoms with Crippen molar-refractivity contribution in [3.8, 4) is 0 Å². The van der Waals surface area contributed by atoms with Crippen LogP contribution in [-0.4, -0.2) is 26.2 Å². The van der Waals surface area contributed by atoms with Gasteiger partial charge in [-0.3, -0.25) is 4.99 Å². The second kappa shape index (κ2) is 12.9. The van der Waals surface area contributed by atoms with Crippen LogP contribution in [0.5, 0.6) is 0 Å². The molecule has 0 saturated carbocycles. The Morgan fingerprint density at radius 3 is 2.33 bits per heavy atom. The fraction of sp³-hybridized carbons (Fsp3) is 0.562. The number of nitrogens with zero attached hydrogens (tertiary/aromatic N) is 1. The highest BCUT2D eigenvalue weighted by molar-refractivity contribution is 14.0. The van der Waals surface area contributed by atoms with Crippen LogP contribution < -0.4 is 10.6 Å². The van der Waals surface area contributed by atoms with Crippen molar-refractivity contribution in [3.05, 3.63) is 35.4 Å². The number of aliphatic imine (C=N–C) groups is 1. The second-order valence-electron chi connectivity index (χ2n) is 4.66. The molecule has 0 aliphatic carbocycles. The fourth-order valence-electron chi connectivity index (χ4n) is 1.76. The van der Waals surface area contributed by atoms with Crippen LogP contribution in [0.3, 0.4) is 0 Å². The van der Waals surface area contributed by atoms with Crippen molar-refractivity contribution in [2.24, 2.45) is 4.99 Å². The Balaban J connectivity index is 0.00000400. The average Bonchev–Trinajstić information content (AvgIpc) is 2.49. The zero-order chi connectivity index (χ0) is 14.6. The number of unbranched alkanes of at least 4 members (excludes halogenated alkanes) is 1. The summed E-state index contributed by atoms with van der Waals surface area (Å²) >= 11 is 0. The number of hydrogen-bond donors (Lipinski definition) is 2. The summed E-state index contributed by atoms with van der Waals surface area (Å²) in [5, 5.41) is 6.61. The van der Waals surface area contributed by atoms with Gasteiger partial charge in [-0.1, -0.05) is 37.6 Å². The molecule has 0 spiro atoms. The minimum Gasteiger partial charge on any atom is -0.377 e. The molecule has 0 aliphatic rings. The highest BCUT2D eigenvalue weighted by atomic mass is 127. The Kier molecular flexibility index (Phi) is 12.4. The first-order valence-electron chi connectivity index (χ1n) is 7.40. The zero-order valence-corrected chi connectivity index (χ0v) is 15.6. The van der Waals surface area contributed by atoms with Crippen molar-refractivity contribution < 1.29 is 4.74 Å². The van der Waals surface area contributed by atoms with Crippen LogP contribution in [-0.2, 0) is 17.9 Å². The van der Waals surface area contributed by atoms with Crippen molar-refractivity contribution in [2.75, 3.05) is 20.2 Å². The molecule has 0 radical (unpaired) electrons. The number of rotatable bonds is 8. The lowest BCUT2D eigenvalue weighted by Gasteiger charge is -2.11. The van der Waals surface area contributed by atoms with Gasteiger partial charge in [0.15, 0.2) is 5.96 Å². The summed E-state index contributed by atoms with van der Waals surface area (Å²) in [6.07, 6.45) is 2.35. The molecule has 5 heteroatoms. The molecule has 120 valence electrons. The first kappa shape index (κ1) is 20.2. The number of halogens is 1. The van der Waals surface area contributed by atoms with Gasteiger partial charge >= 0.3 is 0 Å².